The Bertz CT molecular complexity index is 621. The summed E-state index contributed by atoms with van der Waals surface area (Å²) in [5.74, 6) is 2.03. The molecule has 0 heterocycles. The number of benzene rings is 1. The largest absolute Gasteiger partial charge is 0.337 e. The maximum absolute atomic E-state index is 13.0. The molecule has 1 aromatic carbocycles. The van der Waals surface area contributed by atoms with E-state index in [9.17, 15) is 14.4 Å². The summed E-state index contributed by atoms with van der Waals surface area (Å²) >= 11 is 0. The van der Waals surface area contributed by atoms with Crippen molar-refractivity contribution in [3.8, 4) is 18.4 Å². The lowest BCUT2D eigenvalue weighted by Crippen LogP contribution is -2.49. The number of carbonyl (C=O) groups is 1. The predicted octanol–water partition coefficient (Wildman–Crippen LogP) is 2.21. The van der Waals surface area contributed by atoms with Crippen LogP contribution in [0.5, 0.6) is 0 Å². The molecule has 0 spiro atoms. The predicted molar refractivity (Wildman–Crippen MR) is 85.5 cm³/mol. The molecule has 2 rings (SSSR count). The van der Waals surface area contributed by atoms with Crippen LogP contribution >= 0.6 is 0 Å². The average Bonchev–Trinajstić information content (AvgIpc) is 2.98. The Labute approximate surface area is 136 Å². The van der Waals surface area contributed by atoms with Crippen molar-refractivity contribution < 1.29 is 9.18 Å². The fourth-order valence-corrected chi connectivity index (χ4v) is 2.90. The number of amides is 1. The Morgan fingerprint density at radius 2 is 2.00 bits per heavy atom. The molecule has 0 unspecified atom stereocenters. The summed E-state index contributed by atoms with van der Waals surface area (Å²) in [7, 11) is 0. The first-order valence-corrected chi connectivity index (χ1v) is 7.69. The summed E-state index contributed by atoms with van der Waals surface area (Å²) in [4.78, 5) is 14.1. The van der Waals surface area contributed by atoms with Crippen LogP contribution in [0.2, 0.25) is 0 Å². The fourth-order valence-electron chi connectivity index (χ4n) is 2.90. The van der Waals surface area contributed by atoms with E-state index in [2.05, 4.69) is 17.3 Å². The van der Waals surface area contributed by atoms with Crippen molar-refractivity contribution in [1.29, 1.82) is 5.26 Å². The molecule has 4 nitrogen and oxygen atoms in total. The van der Waals surface area contributed by atoms with Crippen LogP contribution in [0.25, 0.3) is 0 Å². The summed E-state index contributed by atoms with van der Waals surface area (Å²) in [6, 6.07) is 8.34. The average molecular weight is 313 g/mol. The van der Waals surface area contributed by atoms with E-state index < -0.39 is 5.54 Å². The number of hydrogen-bond acceptors (Lipinski definition) is 3. The van der Waals surface area contributed by atoms with Crippen LogP contribution in [-0.2, 0) is 11.3 Å². The van der Waals surface area contributed by atoms with E-state index in [0.29, 0.717) is 25.9 Å². The molecule has 1 saturated carbocycles. The number of carbonyl (C=O) groups excluding carboxylic acids is 1. The van der Waals surface area contributed by atoms with Crippen molar-refractivity contribution in [1.82, 2.24) is 10.2 Å². The Morgan fingerprint density at radius 1 is 1.35 bits per heavy atom. The van der Waals surface area contributed by atoms with Gasteiger partial charge in [-0.05, 0) is 43.4 Å². The second kappa shape index (κ2) is 7.76. The number of nitriles is 1. The van der Waals surface area contributed by atoms with Crippen molar-refractivity contribution in [2.24, 2.45) is 0 Å². The Hall–Kier alpha value is -2.37. The molecule has 0 bridgehead atoms. The third-order valence-corrected chi connectivity index (χ3v) is 4.05. The maximum atomic E-state index is 13.0. The van der Waals surface area contributed by atoms with Crippen LogP contribution in [-0.4, -0.2) is 29.4 Å². The molecule has 1 aliphatic rings. The van der Waals surface area contributed by atoms with Crippen molar-refractivity contribution in [3.63, 3.8) is 0 Å². The molecule has 0 saturated heterocycles. The number of nitrogens with one attached hydrogen (secondary N) is 1. The van der Waals surface area contributed by atoms with Gasteiger partial charge in [-0.1, -0.05) is 18.1 Å². The Morgan fingerprint density at radius 3 is 2.57 bits per heavy atom. The van der Waals surface area contributed by atoms with Gasteiger partial charge < -0.3 is 5.32 Å². The van der Waals surface area contributed by atoms with Gasteiger partial charge in [0.2, 0.25) is 5.91 Å². The molecular formula is C18H20FN3O. The molecule has 23 heavy (non-hydrogen) atoms. The van der Waals surface area contributed by atoms with Crippen LogP contribution in [0.4, 0.5) is 4.39 Å². The van der Waals surface area contributed by atoms with Gasteiger partial charge in [-0.2, -0.15) is 5.26 Å². The summed E-state index contributed by atoms with van der Waals surface area (Å²) in [6.07, 6.45) is 8.67. The molecule has 0 aliphatic heterocycles. The number of nitrogens with zero attached hydrogens (tertiary/aromatic N) is 2. The van der Waals surface area contributed by atoms with E-state index in [0.717, 1.165) is 18.4 Å². The molecule has 1 aliphatic carbocycles. The highest BCUT2D eigenvalue weighted by molar-refractivity contribution is 5.79. The maximum Gasteiger partial charge on any atom is 0.235 e. The van der Waals surface area contributed by atoms with Gasteiger partial charge in [-0.15, -0.1) is 6.42 Å². The van der Waals surface area contributed by atoms with Crippen LogP contribution in [0, 0.1) is 29.5 Å². The van der Waals surface area contributed by atoms with Gasteiger partial charge >= 0.3 is 0 Å². The number of rotatable bonds is 6. The first-order valence-electron chi connectivity index (χ1n) is 7.69. The van der Waals surface area contributed by atoms with Gasteiger partial charge in [0.1, 0.15) is 11.4 Å². The molecule has 1 N–H and O–H groups in total. The van der Waals surface area contributed by atoms with Gasteiger partial charge in [-0.3, -0.25) is 9.69 Å². The smallest absolute Gasteiger partial charge is 0.235 e. The lowest BCUT2D eigenvalue weighted by Gasteiger charge is -2.25. The quantitative estimate of drug-likeness (QED) is 0.819. The number of halogens is 1. The molecule has 5 heteroatoms. The fraction of sp³-hybridized carbons (Fsp3) is 0.444. The standard InChI is InChI=1S/C18H20FN3O/c1-2-11-22(12-15-5-7-16(19)8-6-15)13-17(23)21-18(14-20)9-3-4-10-18/h1,5-8H,3-4,9-13H2,(H,21,23). The first-order chi connectivity index (χ1) is 11.1. The zero-order chi connectivity index (χ0) is 16.7. The van der Waals surface area contributed by atoms with E-state index in [-0.39, 0.29) is 18.3 Å². The molecule has 0 radical (unpaired) electrons. The lowest BCUT2D eigenvalue weighted by atomic mass is 10.00. The molecule has 120 valence electrons. The highest BCUT2D eigenvalue weighted by Gasteiger charge is 2.35. The lowest BCUT2D eigenvalue weighted by molar-refractivity contribution is -0.123. The third kappa shape index (κ3) is 4.81. The minimum Gasteiger partial charge on any atom is -0.337 e. The van der Waals surface area contributed by atoms with Gasteiger partial charge in [0.15, 0.2) is 0 Å². The molecule has 0 aromatic heterocycles. The monoisotopic (exact) mass is 313 g/mol. The van der Waals surface area contributed by atoms with Crippen LogP contribution < -0.4 is 5.32 Å². The second-order valence-electron chi connectivity index (χ2n) is 5.92. The van der Waals surface area contributed by atoms with E-state index in [1.54, 1.807) is 17.0 Å². The Kier molecular flexibility index (Phi) is 5.73. The summed E-state index contributed by atoms with van der Waals surface area (Å²) in [5, 5.41) is 12.2. The van der Waals surface area contributed by atoms with Crippen molar-refractivity contribution in [2.75, 3.05) is 13.1 Å². The zero-order valence-electron chi connectivity index (χ0n) is 13.0. The Balaban J connectivity index is 1.96. The van der Waals surface area contributed by atoms with Crippen molar-refractivity contribution in [2.45, 2.75) is 37.8 Å². The van der Waals surface area contributed by atoms with E-state index >= 15 is 0 Å². The first kappa shape index (κ1) is 17.0. The van der Waals surface area contributed by atoms with Crippen molar-refractivity contribution >= 4 is 5.91 Å². The minimum atomic E-state index is -0.727. The third-order valence-electron chi connectivity index (χ3n) is 4.05. The normalized spacial score (nSPS) is 15.8. The zero-order valence-corrected chi connectivity index (χ0v) is 13.0. The van der Waals surface area contributed by atoms with E-state index in [1.807, 2.05) is 0 Å². The van der Waals surface area contributed by atoms with Gasteiger partial charge in [-0.25, -0.2) is 4.39 Å². The molecule has 1 amide bonds. The van der Waals surface area contributed by atoms with Gasteiger partial charge in [0.25, 0.3) is 0 Å². The second-order valence-corrected chi connectivity index (χ2v) is 5.92. The van der Waals surface area contributed by atoms with Crippen LogP contribution in [0.3, 0.4) is 0 Å². The topological polar surface area (TPSA) is 56.1 Å². The molecule has 1 fully saturated rings. The molecule has 0 atom stereocenters. The SMILES string of the molecule is C#CCN(CC(=O)NC1(C#N)CCCC1)Cc1ccc(F)cc1. The van der Waals surface area contributed by atoms with Crippen LogP contribution in [0.15, 0.2) is 24.3 Å². The number of terminal acetylenes is 1. The minimum absolute atomic E-state index is 0.116. The summed E-state index contributed by atoms with van der Waals surface area (Å²) in [6.45, 7) is 0.882. The summed E-state index contributed by atoms with van der Waals surface area (Å²) < 4.78 is 13.0. The molecular weight excluding hydrogens is 293 g/mol. The van der Waals surface area contributed by atoms with Gasteiger partial charge in [0, 0.05) is 6.54 Å². The summed E-state index contributed by atoms with van der Waals surface area (Å²) in [5.41, 5.74) is 0.153. The van der Waals surface area contributed by atoms with Gasteiger partial charge in [0.05, 0.1) is 19.2 Å². The highest BCUT2D eigenvalue weighted by Crippen LogP contribution is 2.28. The van der Waals surface area contributed by atoms with E-state index in [1.165, 1.54) is 12.1 Å². The molecule has 1 aromatic rings. The highest BCUT2D eigenvalue weighted by atomic mass is 19.1. The van der Waals surface area contributed by atoms with E-state index in [4.69, 9.17) is 6.42 Å². The van der Waals surface area contributed by atoms with Crippen LogP contribution in [0.1, 0.15) is 31.2 Å². The number of hydrogen-bond donors (Lipinski definition) is 1. The van der Waals surface area contributed by atoms with Crippen molar-refractivity contribution in [3.05, 3.63) is 35.6 Å².